The average Bonchev–Trinajstić information content (AvgIpc) is 3.33. The Labute approximate surface area is 268 Å². The maximum atomic E-state index is 15.0. The zero-order valence-corrected chi connectivity index (χ0v) is 27.5. The summed E-state index contributed by atoms with van der Waals surface area (Å²) in [5.74, 6) is 0.0944. The van der Waals surface area contributed by atoms with Crippen LogP contribution in [0, 0.1) is 18.6 Å². The highest BCUT2D eigenvalue weighted by molar-refractivity contribution is 5.83. The molecule has 1 aromatic carbocycles. The zero-order valence-electron chi connectivity index (χ0n) is 27.5. The van der Waals surface area contributed by atoms with Crippen molar-refractivity contribution >= 4 is 28.9 Å². The molecule has 4 heterocycles. The largest absolute Gasteiger partial charge is 0.444 e. The van der Waals surface area contributed by atoms with Crippen LogP contribution in [-0.2, 0) is 16.0 Å². The Morgan fingerprint density at radius 1 is 1.15 bits per heavy atom. The number of rotatable bonds is 9. The summed E-state index contributed by atoms with van der Waals surface area (Å²) >= 11 is 0. The third kappa shape index (κ3) is 7.94. The van der Waals surface area contributed by atoms with Crippen molar-refractivity contribution < 1.29 is 23.0 Å². The molecule has 1 atom stereocenters. The van der Waals surface area contributed by atoms with Gasteiger partial charge in [-0.15, -0.1) is 0 Å². The van der Waals surface area contributed by atoms with Gasteiger partial charge >= 0.3 is 6.09 Å². The Hall–Kier alpha value is -4.23. The molecule has 1 fully saturated rings. The summed E-state index contributed by atoms with van der Waals surface area (Å²) in [4.78, 5) is 33.4. The lowest BCUT2D eigenvalue weighted by molar-refractivity contribution is -0.0386. The molecule has 1 saturated heterocycles. The van der Waals surface area contributed by atoms with Crippen molar-refractivity contribution in [2.45, 2.75) is 72.3 Å². The first-order valence-corrected chi connectivity index (χ1v) is 15.5. The molecule has 0 unspecified atom stereocenters. The second-order valence-electron chi connectivity index (χ2n) is 12.9. The summed E-state index contributed by atoms with van der Waals surface area (Å²) in [6.45, 7) is 14.7. The molecular formula is C33H42F2N8O3. The minimum Gasteiger partial charge on any atom is -0.444 e. The van der Waals surface area contributed by atoms with Gasteiger partial charge in [-0.3, -0.25) is 4.90 Å². The van der Waals surface area contributed by atoms with E-state index in [1.807, 2.05) is 58.2 Å². The van der Waals surface area contributed by atoms with Crippen molar-refractivity contribution in [1.29, 1.82) is 0 Å². The van der Waals surface area contributed by atoms with E-state index in [9.17, 15) is 9.18 Å². The number of halogens is 2. The number of nitrogens with zero attached hydrogens (tertiary/aromatic N) is 7. The van der Waals surface area contributed by atoms with Gasteiger partial charge < -0.3 is 24.3 Å². The molecule has 0 radical (unpaired) electrons. The van der Waals surface area contributed by atoms with Crippen LogP contribution in [0.2, 0.25) is 0 Å². The van der Waals surface area contributed by atoms with Crippen molar-refractivity contribution in [2.24, 2.45) is 0 Å². The molecule has 5 rings (SSSR count). The van der Waals surface area contributed by atoms with E-state index in [-0.39, 0.29) is 35.4 Å². The monoisotopic (exact) mass is 636 g/mol. The topological polar surface area (TPSA) is 111 Å². The van der Waals surface area contributed by atoms with E-state index in [1.165, 1.54) is 6.07 Å². The van der Waals surface area contributed by atoms with Crippen LogP contribution in [0.5, 0.6) is 0 Å². The molecule has 13 heteroatoms. The molecule has 1 aliphatic rings. The standard InChI is InChI=1S/C33H42F2N8O3/c1-20(2)43-21(3)38-30-25(34)14-23(15-27(30)43)29-26(35)17-37-31(40-29)39-28-9-8-22(16-36-28)18-42-12-13-45-24(19-42)10-11-41(7)32(44)46-33(4,5)6/h8-9,14-17,20,24H,10-13,18-19H2,1-7H3,(H,36,37,39,40)/t24-/m0/s1. The summed E-state index contributed by atoms with van der Waals surface area (Å²) < 4.78 is 43.3. The fourth-order valence-electron chi connectivity index (χ4n) is 5.52. The molecule has 1 N–H and O–H groups in total. The Bertz CT molecular complexity index is 1690. The maximum Gasteiger partial charge on any atom is 0.410 e. The number of anilines is 2. The second kappa shape index (κ2) is 13.6. The first-order chi connectivity index (χ1) is 21.8. The lowest BCUT2D eigenvalue weighted by Gasteiger charge is -2.34. The molecule has 0 spiro atoms. The summed E-state index contributed by atoms with van der Waals surface area (Å²) in [6, 6.07) is 6.76. The third-order valence-electron chi connectivity index (χ3n) is 7.64. The number of pyridine rings is 1. The van der Waals surface area contributed by atoms with Crippen LogP contribution >= 0.6 is 0 Å². The summed E-state index contributed by atoms with van der Waals surface area (Å²) in [7, 11) is 1.73. The molecule has 0 bridgehead atoms. The lowest BCUT2D eigenvalue weighted by Crippen LogP contribution is -2.43. The van der Waals surface area contributed by atoms with Crippen LogP contribution in [0.1, 0.15) is 58.5 Å². The lowest BCUT2D eigenvalue weighted by atomic mass is 10.1. The van der Waals surface area contributed by atoms with Crippen molar-refractivity contribution in [1.82, 2.24) is 34.3 Å². The van der Waals surface area contributed by atoms with Gasteiger partial charge in [0.25, 0.3) is 0 Å². The first-order valence-electron chi connectivity index (χ1n) is 15.5. The molecule has 1 amide bonds. The molecule has 0 aliphatic carbocycles. The van der Waals surface area contributed by atoms with E-state index in [0.29, 0.717) is 48.8 Å². The van der Waals surface area contributed by atoms with Gasteiger partial charge in [-0.25, -0.2) is 33.5 Å². The van der Waals surface area contributed by atoms with Gasteiger partial charge in [0.05, 0.1) is 24.4 Å². The Morgan fingerprint density at radius 2 is 1.93 bits per heavy atom. The quantitative estimate of drug-likeness (QED) is 0.228. The Kier molecular flexibility index (Phi) is 9.82. The van der Waals surface area contributed by atoms with Gasteiger partial charge in [-0.1, -0.05) is 6.07 Å². The smallest absolute Gasteiger partial charge is 0.410 e. The number of ether oxygens (including phenoxy) is 2. The fourth-order valence-corrected chi connectivity index (χ4v) is 5.52. The molecule has 11 nitrogen and oxygen atoms in total. The number of aromatic nitrogens is 5. The van der Waals surface area contributed by atoms with E-state index in [0.717, 1.165) is 24.8 Å². The minimum absolute atomic E-state index is 0.00139. The molecule has 3 aromatic heterocycles. The van der Waals surface area contributed by atoms with E-state index >= 15 is 4.39 Å². The number of morpholine rings is 1. The van der Waals surface area contributed by atoms with Gasteiger partial charge in [0.2, 0.25) is 5.95 Å². The Morgan fingerprint density at radius 3 is 2.63 bits per heavy atom. The van der Waals surface area contributed by atoms with E-state index < -0.39 is 17.2 Å². The highest BCUT2D eigenvalue weighted by Crippen LogP contribution is 2.30. The highest BCUT2D eigenvalue weighted by atomic mass is 19.1. The number of hydrogen-bond donors (Lipinski definition) is 1. The van der Waals surface area contributed by atoms with Crippen LogP contribution in [0.4, 0.5) is 25.3 Å². The van der Waals surface area contributed by atoms with Crippen molar-refractivity contribution in [2.75, 3.05) is 38.6 Å². The maximum absolute atomic E-state index is 15.0. The number of amides is 1. The number of fused-ring (bicyclic) bond motifs is 1. The summed E-state index contributed by atoms with van der Waals surface area (Å²) in [5.41, 5.74) is 1.56. The van der Waals surface area contributed by atoms with Crippen LogP contribution in [0.25, 0.3) is 22.3 Å². The van der Waals surface area contributed by atoms with Crippen LogP contribution in [0.3, 0.4) is 0 Å². The third-order valence-corrected chi connectivity index (χ3v) is 7.64. The minimum atomic E-state index is -0.666. The number of nitrogens with one attached hydrogen (secondary N) is 1. The number of carbonyl (C=O) groups is 1. The number of benzene rings is 1. The van der Waals surface area contributed by atoms with Gasteiger partial charge in [-0.05, 0) is 71.7 Å². The molecule has 46 heavy (non-hydrogen) atoms. The number of carbonyl (C=O) groups excluding carboxylic acids is 1. The van der Waals surface area contributed by atoms with E-state index in [1.54, 1.807) is 24.2 Å². The number of imidazole rings is 1. The van der Waals surface area contributed by atoms with Gasteiger partial charge in [-0.2, -0.15) is 0 Å². The second-order valence-corrected chi connectivity index (χ2v) is 12.9. The zero-order chi connectivity index (χ0) is 33.2. The fraction of sp³-hybridized carbons (Fsp3) is 0.485. The molecule has 246 valence electrons. The van der Waals surface area contributed by atoms with Gasteiger partial charge in [0.15, 0.2) is 11.6 Å². The number of aryl methyl sites for hydroxylation is 1. The van der Waals surface area contributed by atoms with Crippen LogP contribution in [-0.4, -0.2) is 85.4 Å². The SMILES string of the molecule is Cc1nc2c(F)cc(-c3nc(Nc4ccc(CN5CCO[C@@H](CCN(C)C(=O)OC(C)(C)C)C5)cn4)ncc3F)cc2n1C(C)C. The molecule has 0 saturated carbocycles. The highest BCUT2D eigenvalue weighted by Gasteiger charge is 2.24. The molecule has 1 aliphatic heterocycles. The predicted octanol–water partition coefficient (Wildman–Crippen LogP) is 6.26. The summed E-state index contributed by atoms with van der Waals surface area (Å²) in [5, 5.41) is 3.03. The van der Waals surface area contributed by atoms with Gasteiger partial charge in [0.1, 0.15) is 28.5 Å². The van der Waals surface area contributed by atoms with Crippen LogP contribution < -0.4 is 5.32 Å². The first kappa shape index (κ1) is 33.1. The van der Waals surface area contributed by atoms with Crippen molar-refractivity contribution in [3.8, 4) is 11.3 Å². The van der Waals surface area contributed by atoms with E-state index in [4.69, 9.17) is 9.47 Å². The Balaban J connectivity index is 1.21. The predicted molar refractivity (Wildman–Crippen MR) is 172 cm³/mol. The normalized spacial score (nSPS) is 15.8. The van der Waals surface area contributed by atoms with E-state index in [2.05, 4.69) is 30.2 Å². The van der Waals surface area contributed by atoms with Crippen molar-refractivity contribution in [3.63, 3.8) is 0 Å². The van der Waals surface area contributed by atoms with Crippen molar-refractivity contribution in [3.05, 3.63) is 59.7 Å². The van der Waals surface area contributed by atoms with Gasteiger partial charge in [0, 0.05) is 51.0 Å². The average molecular weight is 637 g/mol. The summed E-state index contributed by atoms with van der Waals surface area (Å²) in [6.07, 6.45) is 3.19. The van der Waals surface area contributed by atoms with Crippen LogP contribution in [0.15, 0.2) is 36.7 Å². The molecule has 4 aromatic rings. The molecular weight excluding hydrogens is 594 g/mol. The number of hydrogen-bond acceptors (Lipinski definition) is 9.